The Hall–Kier alpha value is -2.00. The zero-order chi connectivity index (χ0) is 20.1. The van der Waals surface area contributed by atoms with E-state index in [0.717, 1.165) is 29.0 Å². The highest BCUT2D eigenvalue weighted by molar-refractivity contribution is 6.76. The maximum atomic E-state index is 6.25. The second kappa shape index (κ2) is 9.27. The van der Waals surface area contributed by atoms with Crippen LogP contribution in [-0.4, -0.2) is 21.0 Å². The standard InChI is InChI=1S/C24H34O2Si/c1-9-19-14-15-22(24(26-17(4)5)23(19)25-16(2)3)21-12-10-20(11-13-21)18(6)27(7)8/h10-17,27H,6,9H2,1-5,7-8H3. The number of rotatable bonds is 8. The van der Waals surface area contributed by atoms with Crippen LogP contribution in [0.15, 0.2) is 43.0 Å². The van der Waals surface area contributed by atoms with Gasteiger partial charge in [-0.15, -0.1) is 0 Å². The van der Waals surface area contributed by atoms with Gasteiger partial charge in [0.15, 0.2) is 11.5 Å². The van der Waals surface area contributed by atoms with E-state index in [4.69, 9.17) is 9.47 Å². The quantitative estimate of drug-likeness (QED) is 0.483. The molecule has 0 saturated heterocycles. The molecule has 2 nitrogen and oxygen atoms in total. The van der Waals surface area contributed by atoms with Crippen molar-refractivity contribution in [3.8, 4) is 22.6 Å². The molecule has 0 aliphatic carbocycles. The third kappa shape index (κ3) is 5.26. The first-order valence-electron chi connectivity index (χ1n) is 10.0. The Morgan fingerprint density at radius 2 is 1.44 bits per heavy atom. The molecular weight excluding hydrogens is 348 g/mol. The summed E-state index contributed by atoms with van der Waals surface area (Å²) < 4.78 is 12.4. The minimum atomic E-state index is -0.885. The van der Waals surface area contributed by atoms with Gasteiger partial charge in [0.05, 0.1) is 21.0 Å². The second-order valence-corrected chi connectivity index (χ2v) is 10.9. The van der Waals surface area contributed by atoms with Crippen LogP contribution < -0.4 is 9.47 Å². The van der Waals surface area contributed by atoms with Gasteiger partial charge in [-0.2, -0.15) is 0 Å². The average molecular weight is 383 g/mol. The molecule has 0 heterocycles. The normalized spacial score (nSPS) is 11.3. The third-order valence-electron chi connectivity index (χ3n) is 4.55. The van der Waals surface area contributed by atoms with Gasteiger partial charge < -0.3 is 9.47 Å². The van der Waals surface area contributed by atoms with Crippen LogP contribution >= 0.6 is 0 Å². The van der Waals surface area contributed by atoms with E-state index in [9.17, 15) is 0 Å². The fourth-order valence-corrected chi connectivity index (χ4v) is 3.88. The van der Waals surface area contributed by atoms with E-state index in [1.54, 1.807) is 0 Å². The number of hydrogen-bond donors (Lipinski definition) is 0. The lowest BCUT2D eigenvalue weighted by molar-refractivity contribution is 0.198. The summed E-state index contributed by atoms with van der Waals surface area (Å²) in [5, 5.41) is 1.30. The summed E-state index contributed by atoms with van der Waals surface area (Å²) in [6.07, 6.45) is 1.09. The van der Waals surface area contributed by atoms with Crippen LogP contribution in [0, 0.1) is 0 Å². The van der Waals surface area contributed by atoms with Gasteiger partial charge in [-0.05, 0) is 50.8 Å². The van der Waals surface area contributed by atoms with Gasteiger partial charge in [0.25, 0.3) is 0 Å². The van der Waals surface area contributed by atoms with E-state index in [-0.39, 0.29) is 12.2 Å². The van der Waals surface area contributed by atoms with Gasteiger partial charge in [0.1, 0.15) is 0 Å². The first-order valence-corrected chi connectivity index (χ1v) is 12.9. The van der Waals surface area contributed by atoms with E-state index < -0.39 is 8.80 Å². The zero-order valence-electron chi connectivity index (χ0n) is 17.9. The topological polar surface area (TPSA) is 18.5 Å². The fraction of sp³-hybridized carbons (Fsp3) is 0.417. The van der Waals surface area contributed by atoms with Crippen molar-refractivity contribution in [1.82, 2.24) is 0 Å². The SMILES string of the molecule is C=C(c1ccc(-c2ccc(CC)c(OC(C)C)c2OC(C)C)cc1)[SiH](C)C. The van der Waals surface area contributed by atoms with Crippen molar-refractivity contribution in [2.75, 3.05) is 0 Å². The second-order valence-electron chi connectivity index (χ2n) is 7.87. The molecule has 0 radical (unpaired) electrons. The van der Waals surface area contributed by atoms with Crippen LogP contribution in [0.4, 0.5) is 0 Å². The predicted octanol–water partition coefficient (Wildman–Crippen LogP) is 6.53. The van der Waals surface area contributed by atoms with Crippen molar-refractivity contribution < 1.29 is 9.47 Å². The minimum Gasteiger partial charge on any atom is -0.487 e. The van der Waals surface area contributed by atoms with Crippen molar-refractivity contribution in [3.05, 3.63) is 54.1 Å². The fourth-order valence-electron chi connectivity index (χ4n) is 3.02. The maximum absolute atomic E-state index is 6.25. The first kappa shape index (κ1) is 21.3. The van der Waals surface area contributed by atoms with Crippen LogP contribution in [0.2, 0.25) is 13.1 Å². The Kier molecular flexibility index (Phi) is 7.31. The summed E-state index contributed by atoms with van der Waals surface area (Å²) in [6, 6.07) is 13.0. The molecule has 0 fully saturated rings. The summed E-state index contributed by atoms with van der Waals surface area (Å²) in [5.41, 5.74) is 4.65. The smallest absolute Gasteiger partial charge is 0.169 e. The molecule has 0 spiro atoms. The Bertz CT molecular complexity index is 774. The van der Waals surface area contributed by atoms with Crippen LogP contribution in [0.3, 0.4) is 0 Å². The molecule has 0 N–H and O–H groups in total. The van der Waals surface area contributed by atoms with Crippen LogP contribution in [0.5, 0.6) is 11.5 Å². The Labute approximate surface area is 166 Å². The highest BCUT2D eigenvalue weighted by atomic mass is 28.3. The van der Waals surface area contributed by atoms with E-state index in [0.29, 0.717) is 0 Å². The van der Waals surface area contributed by atoms with E-state index in [1.807, 2.05) is 0 Å². The number of benzene rings is 2. The van der Waals surface area contributed by atoms with Crippen LogP contribution in [0.1, 0.15) is 45.7 Å². The molecule has 0 saturated carbocycles. The molecule has 2 rings (SSSR count). The molecule has 3 heteroatoms. The molecule has 0 bridgehead atoms. The van der Waals surface area contributed by atoms with Gasteiger partial charge >= 0.3 is 0 Å². The lowest BCUT2D eigenvalue weighted by Gasteiger charge is -2.23. The lowest BCUT2D eigenvalue weighted by atomic mass is 9.99. The van der Waals surface area contributed by atoms with Gasteiger partial charge in [-0.1, -0.05) is 68.2 Å². The van der Waals surface area contributed by atoms with E-state index in [2.05, 4.69) is 90.7 Å². The first-order chi connectivity index (χ1) is 12.7. The van der Waals surface area contributed by atoms with Crippen LogP contribution in [0.25, 0.3) is 16.3 Å². The highest BCUT2D eigenvalue weighted by Crippen LogP contribution is 2.42. The van der Waals surface area contributed by atoms with Crippen molar-refractivity contribution >= 4 is 14.0 Å². The molecule has 0 aliphatic rings. The summed E-state index contributed by atoms with van der Waals surface area (Å²) in [6.45, 7) is 19.3. The molecule has 0 aromatic heterocycles. The van der Waals surface area contributed by atoms with Crippen molar-refractivity contribution in [2.24, 2.45) is 0 Å². The third-order valence-corrected chi connectivity index (χ3v) is 6.27. The highest BCUT2D eigenvalue weighted by Gasteiger charge is 2.19. The summed E-state index contributed by atoms with van der Waals surface area (Å²) >= 11 is 0. The lowest BCUT2D eigenvalue weighted by Crippen LogP contribution is -2.13. The Morgan fingerprint density at radius 1 is 0.889 bits per heavy atom. The minimum absolute atomic E-state index is 0.0800. The average Bonchev–Trinajstić information content (AvgIpc) is 2.61. The van der Waals surface area contributed by atoms with Gasteiger partial charge in [0.2, 0.25) is 0 Å². The number of aryl methyl sites for hydroxylation is 1. The zero-order valence-corrected chi connectivity index (χ0v) is 19.1. The number of ether oxygens (including phenoxy) is 2. The van der Waals surface area contributed by atoms with E-state index >= 15 is 0 Å². The monoisotopic (exact) mass is 382 g/mol. The summed E-state index contributed by atoms with van der Waals surface area (Å²) in [7, 11) is -0.885. The Morgan fingerprint density at radius 3 is 1.93 bits per heavy atom. The van der Waals surface area contributed by atoms with Gasteiger partial charge in [0, 0.05) is 5.56 Å². The molecule has 0 atom stereocenters. The van der Waals surface area contributed by atoms with Crippen molar-refractivity contribution in [2.45, 2.75) is 66.3 Å². The molecule has 27 heavy (non-hydrogen) atoms. The van der Waals surface area contributed by atoms with Gasteiger partial charge in [-0.3, -0.25) is 0 Å². The largest absolute Gasteiger partial charge is 0.487 e. The summed E-state index contributed by atoms with van der Waals surface area (Å²) in [4.78, 5) is 0. The van der Waals surface area contributed by atoms with Gasteiger partial charge in [-0.25, -0.2) is 0 Å². The molecule has 0 unspecified atom stereocenters. The molecule has 0 amide bonds. The number of hydrogen-bond acceptors (Lipinski definition) is 2. The van der Waals surface area contributed by atoms with Crippen molar-refractivity contribution in [3.63, 3.8) is 0 Å². The van der Waals surface area contributed by atoms with E-state index in [1.165, 1.54) is 16.3 Å². The van der Waals surface area contributed by atoms with Crippen molar-refractivity contribution in [1.29, 1.82) is 0 Å². The van der Waals surface area contributed by atoms with Crippen LogP contribution in [-0.2, 0) is 6.42 Å². The Balaban J connectivity index is 2.56. The molecule has 146 valence electrons. The predicted molar refractivity (Wildman–Crippen MR) is 121 cm³/mol. The molecule has 2 aromatic rings. The molecule has 2 aromatic carbocycles. The maximum Gasteiger partial charge on any atom is 0.169 e. The summed E-state index contributed by atoms with van der Waals surface area (Å²) in [5.74, 6) is 1.73. The molecule has 0 aliphatic heterocycles. The molecular formula is C24H34O2Si.